The normalized spacial score (nSPS) is 17.3. The van der Waals surface area contributed by atoms with Gasteiger partial charge in [0.15, 0.2) is 0 Å². The number of nitrogens with zero attached hydrogens (tertiary/aromatic N) is 2. The molecule has 5 rings (SSSR count). The molecule has 1 N–H and O–H groups in total. The fraction of sp³-hybridized carbons (Fsp3) is 0.241. The van der Waals surface area contributed by atoms with E-state index in [2.05, 4.69) is 5.32 Å². The minimum Gasteiger partial charge on any atom is -0.496 e. The van der Waals surface area contributed by atoms with E-state index in [0.29, 0.717) is 31.1 Å². The lowest BCUT2D eigenvalue weighted by Crippen LogP contribution is -2.63. The van der Waals surface area contributed by atoms with E-state index in [1.54, 1.807) is 12.0 Å². The predicted molar refractivity (Wildman–Crippen MR) is 136 cm³/mol. The van der Waals surface area contributed by atoms with Gasteiger partial charge in [0, 0.05) is 29.6 Å². The molecule has 1 atom stereocenters. The quantitative estimate of drug-likeness (QED) is 0.448. The Morgan fingerprint density at radius 2 is 1.69 bits per heavy atom. The number of carbonyl (C=O) groups excluding carboxylic acids is 2. The molecular weight excluding hydrogens is 438 g/mol. The van der Waals surface area contributed by atoms with Crippen LogP contribution < -0.4 is 10.1 Å². The smallest absolute Gasteiger partial charge is 0.271 e. The number of carbonyl (C=O) groups is 2. The minimum atomic E-state index is -1.09. The highest BCUT2D eigenvalue weighted by Gasteiger charge is 2.47. The Morgan fingerprint density at radius 1 is 1.00 bits per heavy atom. The third-order valence-electron chi connectivity index (χ3n) is 7.05. The molecular formula is C29H29N3O3. The Balaban J connectivity index is 1.54. The summed E-state index contributed by atoms with van der Waals surface area (Å²) in [6.07, 6.45) is 0. The summed E-state index contributed by atoms with van der Waals surface area (Å²) in [5.41, 5.74) is 3.46. The van der Waals surface area contributed by atoms with E-state index in [1.807, 2.05) is 97.3 Å². The van der Waals surface area contributed by atoms with Crippen LogP contribution in [0.2, 0.25) is 0 Å². The molecule has 3 aromatic carbocycles. The fourth-order valence-corrected chi connectivity index (χ4v) is 4.93. The average Bonchev–Trinajstić information content (AvgIpc) is 3.24. The van der Waals surface area contributed by atoms with E-state index in [9.17, 15) is 9.59 Å². The van der Waals surface area contributed by atoms with E-state index in [-0.39, 0.29) is 11.8 Å². The summed E-state index contributed by atoms with van der Waals surface area (Å²) >= 11 is 0. The molecule has 0 aliphatic carbocycles. The van der Waals surface area contributed by atoms with Crippen LogP contribution in [0.5, 0.6) is 5.75 Å². The van der Waals surface area contributed by atoms with Gasteiger partial charge in [0.25, 0.3) is 5.91 Å². The van der Waals surface area contributed by atoms with Crippen LogP contribution in [0.15, 0.2) is 78.9 Å². The van der Waals surface area contributed by atoms with Crippen LogP contribution in [0.3, 0.4) is 0 Å². The number of aryl methyl sites for hydroxylation is 1. The van der Waals surface area contributed by atoms with Crippen LogP contribution in [0.1, 0.15) is 34.1 Å². The number of hydrogen-bond acceptors (Lipinski definition) is 3. The average molecular weight is 468 g/mol. The summed E-state index contributed by atoms with van der Waals surface area (Å²) in [5, 5.41) is 4.07. The molecule has 0 bridgehead atoms. The van der Waals surface area contributed by atoms with Crippen LogP contribution >= 0.6 is 0 Å². The molecule has 0 radical (unpaired) electrons. The number of para-hydroxylation sites is 2. The number of amides is 2. The molecule has 0 spiro atoms. The zero-order chi connectivity index (χ0) is 24.6. The number of nitrogens with one attached hydrogen (secondary N) is 1. The first-order chi connectivity index (χ1) is 16.9. The van der Waals surface area contributed by atoms with Gasteiger partial charge in [-0.15, -0.1) is 0 Å². The number of fused-ring (bicyclic) bond motifs is 3. The topological polar surface area (TPSA) is 63.6 Å². The number of methoxy groups -OCH3 is 1. The van der Waals surface area contributed by atoms with Crippen LogP contribution in [-0.4, -0.2) is 33.9 Å². The zero-order valence-corrected chi connectivity index (χ0v) is 20.2. The van der Waals surface area contributed by atoms with Crippen molar-refractivity contribution in [3.8, 4) is 5.75 Å². The molecule has 1 aromatic heterocycles. The second-order valence-corrected chi connectivity index (χ2v) is 9.26. The summed E-state index contributed by atoms with van der Waals surface area (Å²) in [7, 11) is 1.62. The molecule has 35 heavy (non-hydrogen) atoms. The van der Waals surface area contributed by atoms with E-state index in [1.165, 1.54) is 0 Å². The van der Waals surface area contributed by atoms with Crippen molar-refractivity contribution in [3.05, 3.63) is 101 Å². The molecule has 1 aliphatic heterocycles. The molecule has 0 saturated carbocycles. The first-order valence-corrected chi connectivity index (χ1v) is 11.8. The van der Waals surface area contributed by atoms with Gasteiger partial charge < -0.3 is 19.5 Å². The summed E-state index contributed by atoms with van der Waals surface area (Å²) < 4.78 is 7.42. The van der Waals surface area contributed by atoms with E-state index in [4.69, 9.17) is 4.74 Å². The SMILES string of the molecule is COc1ccccc1CNC(=O)C1(C)Cn2c(cc3ccccc32)C(=O)N1Cc1ccccc1C. The van der Waals surface area contributed by atoms with E-state index >= 15 is 0 Å². The monoisotopic (exact) mass is 467 g/mol. The highest BCUT2D eigenvalue weighted by atomic mass is 16.5. The Labute approximate surface area is 205 Å². The number of ether oxygens (including phenoxy) is 1. The third kappa shape index (κ3) is 3.95. The van der Waals surface area contributed by atoms with Crippen LogP contribution in [-0.2, 0) is 24.4 Å². The van der Waals surface area contributed by atoms with Gasteiger partial charge in [-0.3, -0.25) is 9.59 Å². The second kappa shape index (κ2) is 8.95. The maximum Gasteiger partial charge on any atom is 0.271 e. The molecule has 1 aliphatic rings. The van der Waals surface area contributed by atoms with Gasteiger partial charge in [-0.05, 0) is 43.2 Å². The van der Waals surface area contributed by atoms with E-state index in [0.717, 1.165) is 27.6 Å². The molecule has 4 aromatic rings. The molecule has 2 heterocycles. The number of rotatable bonds is 6. The first-order valence-electron chi connectivity index (χ1n) is 11.8. The molecule has 6 nitrogen and oxygen atoms in total. The molecule has 178 valence electrons. The van der Waals surface area contributed by atoms with Gasteiger partial charge in [-0.2, -0.15) is 0 Å². The molecule has 0 saturated heterocycles. The van der Waals surface area contributed by atoms with Gasteiger partial charge in [0.1, 0.15) is 17.0 Å². The number of hydrogen-bond donors (Lipinski definition) is 1. The maximum absolute atomic E-state index is 13.9. The number of aromatic nitrogens is 1. The lowest BCUT2D eigenvalue weighted by molar-refractivity contribution is -0.133. The lowest BCUT2D eigenvalue weighted by atomic mass is 9.93. The van der Waals surface area contributed by atoms with Crippen molar-refractivity contribution in [2.45, 2.75) is 39.0 Å². The third-order valence-corrected chi connectivity index (χ3v) is 7.05. The van der Waals surface area contributed by atoms with Crippen molar-refractivity contribution in [2.75, 3.05) is 7.11 Å². The highest BCUT2D eigenvalue weighted by Crippen LogP contribution is 2.34. The van der Waals surface area contributed by atoms with Gasteiger partial charge >= 0.3 is 0 Å². The highest BCUT2D eigenvalue weighted by molar-refractivity contribution is 6.03. The first kappa shape index (κ1) is 22.7. The van der Waals surface area contributed by atoms with E-state index < -0.39 is 5.54 Å². The minimum absolute atomic E-state index is 0.148. The number of benzene rings is 3. The summed E-state index contributed by atoms with van der Waals surface area (Å²) in [6, 6.07) is 25.4. The zero-order valence-electron chi connectivity index (χ0n) is 20.2. The largest absolute Gasteiger partial charge is 0.496 e. The standard InChI is InChI=1S/C29H29N3O3/c1-20-10-4-5-13-23(20)18-32-27(33)25-16-21-11-6-8-14-24(21)31(25)19-29(32,2)28(34)30-17-22-12-7-9-15-26(22)35-3/h4-16H,17-19H2,1-3H3,(H,30,34). The van der Waals surface area contributed by atoms with Crippen molar-refractivity contribution in [3.63, 3.8) is 0 Å². The van der Waals surface area contributed by atoms with Gasteiger partial charge in [-0.25, -0.2) is 0 Å². The van der Waals surface area contributed by atoms with Crippen molar-refractivity contribution >= 4 is 22.7 Å². The Bertz CT molecular complexity index is 1420. The molecule has 0 fully saturated rings. The van der Waals surface area contributed by atoms with Crippen LogP contribution in [0.4, 0.5) is 0 Å². The van der Waals surface area contributed by atoms with Crippen molar-refractivity contribution in [2.24, 2.45) is 0 Å². The summed E-state index contributed by atoms with van der Waals surface area (Å²) in [5.74, 6) is 0.368. The Kier molecular flexibility index (Phi) is 5.81. The van der Waals surface area contributed by atoms with Gasteiger partial charge in [0.2, 0.25) is 5.91 Å². The van der Waals surface area contributed by atoms with Crippen molar-refractivity contribution in [1.82, 2.24) is 14.8 Å². The Morgan fingerprint density at radius 3 is 2.46 bits per heavy atom. The van der Waals surface area contributed by atoms with Gasteiger partial charge in [0.05, 0.1) is 13.7 Å². The lowest BCUT2D eigenvalue weighted by Gasteiger charge is -2.44. The summed E-state index contributed by atoms with van der Waals surface area (Å²) in [4.78, 5) is 29.5. The van der Waals surface area contributed by atoms with Crippen molar-refractivity contribution in [1.29, 1.82) is 0 Å². The molecule has 2 amide bonds. The predicted octanol–water partition coefficient (Wildman–Crippen LogP) is 4.69. The molecule has 1 unspecified atom stereocenters. The Hall–Kier alpha value is -4.06. The van der Waals surface area contributed by atoms with Crippen molar-refractivity contribution < 1.29 is 14.3 Å². The van der Waals surface area contributed by atoms with Crippen LogP contribution in [0, 0.1) is 6.92 Å². The second-order valence-electron chi connectivity index (χ2n) is 9.26. The van der Waals surface area contributed by atoms with Gasteiger partial charge in [-0.1, -0.05) is 60.7 Å². The fourth-order valence-electron chi connectivity index (χ4n) is 4.93. The van der Waals surface area contributed by atoms with Crippen LogP contribution in [0.25, 0.3) is 10.9 Å². The molecule has 6 heteroatoms. The summed E-state index contributed by atoms with van der Waals surface area (Å²) in [6.45, 7) is 4.92. The maximum atomic E-state index is 13.9.